The van der Waals surface area contributed by atoms with Gasteiger partial charge in [0.15, 0.2) is 0 Å². The molecule has 1 aliphatic carbocycles. The number of rotatable bonds is 3. The average Bonchev–Trinajstić information content (AvgIpc) is 3.22. The van der Waals surface area contributed by atoms with Crippen LogP contribution >= 0.6 is 34.0 Å². The van der Waals surface area contributed by atoms with Gasteiger partial charge in [-0.25, -0.2) is 0 Å². The quantitative estimate of drug-likeness (QED) is 0.560. The SMILES string of the molecule is [CH]1[CH][CH][C](c2ccc(-c3ccc(-c4cccs4)s3)s2)[CH]1. The summed E-state index contributed by atoms with van der Waals surface area (Å²) in [5.74, 6) is 1.32. The molecule has 0 nitrogen and oxygen atoms in total. The van der Waals surface area contributed by atoms with Crippen molar-refractivity contribution in [2.75, 3.05) is 0 Å². The van der Waals surface area contributed by atoms with E-state index in [1.54, 1.807) is 11.3 Å². The van der Waals surface area contributed by atoms with Crippen LogP contribution in [0.15, 0.2) is 41.8 Å². The van der Waals surface area contributed by atoms with Gasteiger partial charge in [-0.05, 0) is 61.4 Å². The van der Waals surface area contributed by atoms with Crippen molar-refractivity contribution < 1.29 is 0 Å². The molecule has 20 heavy (non-hydrogen) atoms. The highest BCUT2D eigenvalue weighted by molar-refractivity contribution is 7.26. The smallest absolute Gasteiger partial charge is 0.0449 e. The van der Waals surface area contributed by atoms with Crippen molar-refractivity contribution in [1.29, 1.82) is 0 Å². The van der Waals surface area contributed by atoms with Crippen molar-refractivity contribution in [3.8, 4) is 19.5 Å². The molecule has 0 unspecified atom stereocenters. The largest absolute Gasteiger partial charge is 0.143 e. The first-order chi connectivity index (χ1) is 9.90. The summed E-state index contributed by atoms with van der Waals surface area (Å²) < 4.78 is 0. The minimum atomic E-state index is 1.32. The van der Waals surface area contributed by atoms with E-state index < -0.39 is 0 Å². The molecule has 0 amide bonds. The molecule has 0 atom stereocenters. The van der Waals surface area contributed by atoms with Gasteiger partial charge in [-0.3, -0.25) is 0 Å². The number of thiophene rings is 3. The maximum atomic E-state index is 2.24. The van der Waals surface area contributed by atoms with Crippen molar-refractivity contribution in [3.63, 3.8) is 0 Å². The van der Waals surface area contributed by atoms with Gasteiger partial charge in [-0.1, -0.05) is 6.07 Å². The second kappa shape index (κ2) is 5.47. The predicted octanol–water partition coefficient (Wildman–Crippen LogP) is 5.96. The minimum Gasteiger partial charge on any atom is -0.143 e. The van der Waals surface area contributed by atoms with E-state index in [-0.39, 0.29) is 0 Å². The summed E-state index contributed by atoms with van der Waals surface area (Å²) >= 11 is 5.54. The Balaban J connectivity index is 1.61. The molecule has 4 rings (SSSR count). The normalized spacial score (nSPS) is 16.0. The Morgan fingerprint density at radius 2 is 1.20 bits per heavy atom. The van der Waals surface area contributed by atoms with E-state index in [0.29, 0.717) is 0 Å². The van der Waals surface area contributed by atoms with Crippen LogP contribution in [0, 0.1) is 31.6 Å². The molecule has 3 heterocycles. The van der Waals surface area contributed by atoms with Crippen LogP contribution < -0.4 is 0 Å². The zero-order valence-corrected chi connectivity index (χ0v) is 13.0. The molecule has 1 aliphatic rings. The molecule has 3 aromatic heterocycles. The maximum Gasteiger partial charge on any atom is 0.0449 e. The van der Waals surface area contributed by atoms with E-state index >= 15 is 0 Å². The summed E-state index contributed by atoms with van der Waals surface area (Å²) in [5.41, 5.74) is 0. The third kappa shape index (κ3) is 2.39. The summed E-state index contributed by atoms with van der Waals surface area (Å²) in [6, 6.07) is 13.2. The van der Waals surface area contributed by atoms with Crippen LogP contribution in [0.5, 0.6) is 0 Å². The maximum absolute atomic E-state index is 2.24. The van der Waals surface area contributed by atoms with Crippen LogP contribution in [-0.2, 0) is 0 Å². The molecular weight excluding hydrogens is 300 g/mol. The first kappa shape index (κ1) is 12.8. The van der Waals surface area contributed by atoms with Gasteiger partial charge in [0, 0.05) is 30.3 Å². The standard InChI is InChI=1S/C17H11S3/c1-2-5-12(4-1)13-7-8-16(19-13)17-10-9-15(20-17)14-6-3-11-18-14/h1-11H. The molecule has 97 valence electrons. The molecule has 3 heteroatoms. The van der Waals surface area contributed by atoms with Gasteiger partial charge in [0.05, 0.1) is 0 Å². The van der Waals surface area contributed by atoms with Gasteiger partial charge in [0.2, 0.25) is 0 Å². The number of hydrogen-bond acceptors (Lipinski definition) is 3. The molecule has 0 saturated heterocycles. The third-order valence-electron chi connectivity index (χ3n) is 3.17. The highest BCUT2D eigenvalue weighted by Crippen LogP contribution is 2.42. The fraction of sp³-hybridized carbons (Fsp3) is 0. The zero-order valence-electron chi connectivity index (χ0n) is 10.6. The predicted molar refractivity (Wildman–Crippen MR) is 90.5 cm³/mol. The molecule has 3 aromatic rings. The van der Waals surface area contributed by atoms with Gasteiger partial charge in [0.1, 0.15) is 0 Å². The van der Waals surface area contributed by atoms with Crippen molar-refractivity contribution in [1.82, 2.24) is 0 Å². The molecule has 0 bridgehead atoms. The summed E-state index contributed by atoms with van der Waals surface area (Å²) in [4.78, 5) is 6.77. The Labute approximate surface area is 131 Å². The average molecular weight is 311 g/mol. The molecule has 5 radical (unpaired) electrons. The summed E-state index contributed by atoms with van der Waals surface area (Å²) in [5, 5.41) is 2.13. The Bertz CT molecular complexity index is 681. The van der Waals surface area contributed by atoms with E-state index in [4.69, 9.17) is 0 Å². The Kier molecular flexibility index (Phi) is 3.51. The van der Waals surface area contributed by atoms with E-state index in [2.05, 4.69) is 67.5 Å². The molecular formula is C17H11S3. The third-order valence-corrected chi connectivity index (χ3v) is 6.65. The first-order valence-electron chi connectivity index (χ1n) is 6.36. The second-order valence-corrected chi connectivity index (χ2v) is 7.59. The van der Waals surface area contributed by atoms with Gasteiger partial charge >= 0.3 is 0 Å². The fourth-order valence-corrected chi connectivity index (χ4v) is 5.13. The van der Waals surface area contributed by atoms with Gasteiger partial charge in [-0.2, -0.15) is 0 Å². The molecule has 0 aromatic carbocycles. The van der Waals surface area contributed by atoms with E-state index in [9.17, 15) is 0 Å². The Morgan fingerprint density at radius 3 is 1.85 bits per heavy atom. The van der Waals surface area contributed by atoms with Crippen LogP contribution in [0.4, 0.5) is 0 Å². The molecule has 0 aliphatic heterocycles. The lowest BCUT2D eigenvalue weighted by atomic mass is 10.1. The van der Waals surface area contributed by atoms with Crippen LogP contribution in [0.3, 0.4) is 0 Å². The Morgan fingerprint density at radius 1 is 0.600 bits per heavy atom. The van der Waals surface area contributed by atoms with Gasteiger partial charge in [0.25, 0.3) is 0 Å². The van der Waals surface area contributed by atoms with Crippen molar-refractivity contribution >= 4 is 34.0 Å². The van der Waals surface area contributed by atoms with Crippen molar-refractivity contribution in [3.05, 3.63) is 78.3 Å². The monoisotopic (exact) mass is 311 g/mol. The van der Waals surface area contributed by atoms with Crippen LogP contribution in [-0.4, -0.2) is 0 Å². The number of hydrogen-bond donors (Lipinski definition) is 0. The van der Waals surface area contributed by atoms with Crippen LogP contribution in [0.1, 0.15) is 4.88 Å². The Hall–Kier alpha value is -0.900. The zero-order chi connectivity index (χ0) is 13.4. The van der Waals surface area contributed by atoms with E-state index in [0.717, 1.165) is 0 Å². The highest BCUT2D eigenvalue weighted by atomic mass is 32.1. The molecule has 1 fully saturated rings. The topological polar surface area (TPSA) is 0 Å². The first-order valence-corrected chi connectivity index (χ1v) is 8.87. The molecule has 0 N–H and O–H groups in total. The van der Waals surface area contributed by atoms with Crippen molar-refractivity contribution in [2.45, 2.75) is 0 Å². The summed E-state index contributed by atoms with van der Waals surface area (Å²) in [6.45, 7) is 0. The fourth-order valence-electron chi connectivity index (χ4n) is 2.19. The highest BCUT2D eigenvalue weighted by Gasteiger charge is 2.21. The summed E-state index contributed by atoms with van der Waals surface area (Å²) in [6.07, 6.45) is 8.52. The van der Waals surface area contributed by atoms with E-state index in [1.165, 1.54) is 30.3 Å². The van der Waals surface area contributed by atoms with Crippen molar-refractivity contribution in [2.24, 2.45) is 0 Å². The lowest BCUT2D eigenvalue weighted by molar-refractivity contribution is 1.35. The van der Waals surface area contributed by atoms with Crippen LogP contribution in [0.25, 0.3) is 19.5 Å². The van der Waals surface area contributed by atoms with Gasteiger partial charge in [-0.15, -0.1) is 34.0 Å². The lowest BCUT2D eigenvalue weighted by Gasteiger charge is -2.02. The second-order valence-electron chi connectivity index (χ2n) is 4.48. The van der Waals surface area contributed by atoms with Gasteiger partial charge < -0.3 is 0 Å². The lowest BCUT2D eigenvalue weighted by Crippen LogP contribution is -1.88. The molecule has 0 spiro atoms. The summed E-state index contributed by atoms with van der Waals surface area (Å²) in [7, 11) is 0. The molecule has 1 saturated carbocycles. The minimum absolute atomic E-state index is 1.32. The van der Waals surface area contributed by atoms with E-state index in [1.807, 2.05) is 22.7 Å². The van der Waals surface area contributed by atoms with Crippen LogP contribution in [0.2, 0.25) is 0 Å².